The van der Waals surface area contributed by atoms with Crippen molar-refractivity contribution in [3.8, 4) is 0 Å². The van der Waals surface area contributed by atoms with Crippen LogP contribution in [0, 0.1) is 0 Å². The fourth-order valence-electron chi connectivity index (χ4n) is 4.74. The Balaban J connectivity index is 1.44. The maximum absolute atomic E-state index is 14.0. The summed E-state index contributed by atoms with van der Waals surface area (Å²) in [5, 5.41) is 5.60. The number of hydrogen-bond acceptors (Lipinski definition) is 5. The van der Waals surface area contributed by atoms with Crippen molar-refractivity contribution in [2.45, 2.75) is 31.6 Å². The van der Waals surface area contributed by atoms with Gasteiger partial charge in [-0.3, -0.25) is 19.4 Å². The Hall–Kier alpha value is -4.48. The quantitative estimate of drug-likeness (QED) is 0.244. The molecular formula is C30H22Cl2F3N5O3. The molecule has 2 aromatic carbocycles. The zero-order valence-corrected chi connectivity index (χ0v) is 23.8. The van der Waals surface area contributed by atoms with Crippen molar-refractivity contribution < 1.29 is 27.6 Å². The van der Waals surface area contributed by atoms with Crippen molar-refractivity contribution in [2.75, 3.05) is 10.6 Å². The maximum Gasteiger partial charge on any atom is 0.417 e. The van der Waals surface area contributed by atoms with Gasteiger partial charge in [0, 0.05) is 29.5 Å². The summed E-state index contributed by atoms with van der Waals surface area (Å²) in [5.74, 6) is -1.65. The lowest BCUT2D eigenvalue weighted by molar-refractivity contribution is -0.137. The molecule has 0 spiro atoms. The van der Waals surface area contributed by atoms with E-state index in [1.54, 1.807) is 49.5 Å². The van der Waals surface area contributed by atoms with Crippen LogP contribution in [0.3, 0.4) is 0 Å². The number of alkyl halides is 3. The highest BCUT2D eigenvalue weighted by Gasteiger charge is 2.39. The third-order valence-corrected chi connectivity index (χ3v) is 7.49. The molecule has 1 unspecified atom stereocenters. The molecular weight excluding hydrogens is 606 g/mol. The zero-order chi connectivity index (χ0) is 30.9. The molecule has 0 radical (unpaired) electrons. The van der Waals surface area contributed by atoms with Crippen molar-refractivity contribution >= 4 is 52.4 Å². The summed E-state index contributed by atoms with van der Waals surface area (Å²) < 4.78 is 38.5. The molecule has 2 aromatic heterocycles. The molecule has 220 valence electrons. The van der Waals surface area contributed by atoms with E-state index in [1.165, 1.54) is 23.1 Å². The van der Waals surface area contributed by atoms with Crippen molar-refractivity contribution in [1.82, 2.24) is 14.9 Å². The molecule has 0 aliphatic carbocycles. The number of anilines is 2. The third-order valence-electron chi connectivity index (χ3n) is 6.94. The van der Waals surface area contributed by atoms with Gasteiger partial charge in [0.2, 0.25) is 5.91 Å². The Kier molecular flexibility index (Phi) is 8.38. The van der Waals surface area contributed by atoms with Crippen LogP contribution in [0.4, 0.5) is 24.7 Å². The second kappa shape index (κ2) is 12.0. The number of carbonyl (C=O) groups excluding carboxylic acids is 3. The van der Waals surface area contributed by atoms with Gasteiger partial charge in [0.25, 0.3) is 11.8 Å². The average Bonchev–Trinajstić information content (AvgIpc) is 3.06. The third kappa shape index (κ3) is 6.47. The van der Waals surface area contributed by atoms with E-state index in [2.05, 4.69) is 20.6 Å². The molecule has 0 saturated carbocycles. The summed E-state index contributed by atoms with van der Waals surface area (Å²) in [6, 6.07) is 14.6. The van der Waals surface area contributed by atoms with Crippen LogP contribution in [0.15, 0.2) is 79.1 Å². The number of carbonyl (C=O) groups is 3. The first-order chi connectivity index (χ1) is 20.4. The first kappa shape index (κ1) is 30.0. The summed E-state index contributed by atoms with van der Waals surface area (Å²) in [6.45, 7) is 1.73. The number of fused-ring (bicyclic) bond motifs is 1. The highest BCUT2D eigenvalue weighted by Crippen LogP contribution is 2.34. The Morgan fingerprint density at radius 1 is 1.05 bits per heavy atom. The number of amides is 3. The highest BCUT2D eigenvalue weighted by molar-refractivity contribution is 6.34. The minimum absolute atomic E-state index is 0.0222. The van der Waals surface area contributed by atoms with E-state index < -0.39 is 41.5 Å². The molecule has 43 heavy (non-hydrogen) atoms. The fourth-order valence-corrected chi connectivity index (χ4v) is 5.19. The Morgan fingerprint density at radius 2 is 1.84 bits per heavy atom. The lowest BCUT2D eigenvalue weighted by Crippen LogP contribution is -2.47. The molecule has 0 bridgehead atoms. The first-order valence-electron chi connectivity index (χ1n) is 12.9. The second-order valence-corrected chi connectivity index (χ2v) is 10.6. The van der Waals surface area contributed by atoms with Gasteiger partial charge in [-0.05, 0) is 67.1 Å². The van der Waals surface area contributed by atoms with Crippen molar-refractivity contribution in [3.05, 3.63) is 117 Å². The molecule has 4 aromatic rings. The number of rotatable bonds is 6. The van der Waals surface area contributed by atoms with E-state index in [0.29, 0.717) is 22.5 Å². The van der Waals surface area contributed by atoms with Crippen molar-refractivity contribution in [2.24, 2.45) is 0 Å². The van der Waals surface area contributed by atoms with Gasteiger partial charge in [0.1, 0.15) is 11.9 Å². The van der Waals surface area contributed by atoms with Crippen molar-refractivity contribution in [3.63, 3.8) is 0 Å². The Bertz CT molecular complexity index is 1700. The van der Waals surface area contributed by atoms with E-state index in [0.717, 1.165) is 12.1 Å². The molecule has 13 heteroatoms. The van der Waals surface area contributed by atoms with Gasteiger partial charge in [-0.2, -0.15) is 13.2 Å². The van der Waals surface area contributed by atoms with Crippen LogP contribution in [0.1, 0.15) is 50.5 Å². The average molecular weight is 628 g/mol. The van der Waals surface area contributed by atoms with Crippen molar-refractivity contribution in [1.29, 1.82) is 0 Å². The van der Waals surface area contributed by atoms with Gasteiger partial charge in [0.05, 0.1) is 33.4 Å². The normalized spacial score (nSPS) is 15.8. The van der Waals surface area contributed by atoms with Gasteiger partial charge < -0.3 is 15.5 Å². The number of pyridine rings is 2. The number of halogens is 5. The topological polar surface area (TPSA) is 104 Å². The summed E-state index contributed by atoms with van der Waals surface area (Å²) in [6.07, 6.45) is -2.23. The molecule has 1 aliphatic heterocycles. The second-order valence-electron chi connectivity index (χ2n) is 9.73. The Labute approximate surface area is 253 Å². The molecule has 0 fully saturated rings. The lowest BCUT2D eigenvalue weighted by atomic mass is 9.99. The SMILES string of the molecule is CC(c1ccc(C(=O)Nc2ccc(C(F)(F)F)cn2)c(Cl)c1)N1C(=O)c2ccc(Cl)cc2NC(=O)[C@H]1Cc1ccccn1. The van der Waals surface area contributed by atoms with Crippen LogP contribution >= 0.6 is 23.2 Å². The number of benzene rings is 2. The summed E-state index contributed by atoms with van der Waals surface area (Å²) in [5.41, 5.74) is 0.733. The fraction of sp³-hybridized carbons (Fsp3) is 0.167. The molecule has 1 aliphatic rings. The number of nitrogens with one attached hydrogen (secondary N) is 2. The van der Waals surface area contributed by atoms with Gasteiger partial charge in [0.15, 0.2) is 0 Å². The zero-order valence-electron chi connectivity index (χ0n) is 22.3. The number of hydrogen-bond donors (Lipinski definition) is 2. The smallest absolute Gasteiger partial charge is 0.323 e. The molecule has 8 nitrogen and oxygen atoms in total. The van der Waals surface area contributed by atoms with Gasteiger partial charge in [-0.1, -0.05) is 35.3 Å². The van der Waals surface area contributed by atoms with E-state index in [1.807, 2.05) is 0 Å². The molecule has 5 rings (SSSR count). The summed E-state index contributed by atoms with van der Waals surface area (Å²) in [7, 11) is 0. The van der Waals surface area contributed by atoms with Gasteiger partial charge in [-0.25, -0.2) is 4.98 Å². The van der Waals surface area contributed by atoms with Crippen LogP contribution in [0.2, 0.25) is 10.0 Å². The highest BCUT2D eigenvalue weighted by atomic mass is 35.5. The van der Waals surface area contributed by atoms with Gasteiger partial charge >= 0.3 is 6.18 Å². The van der Waals surface area contributed by atoms with Crippen LogP contribution in [-0.4, -0.2) is 38.6 Å². The number of aromatic nitrogens is 2. The van der Waals surface area contributed by atoms with E-state index >= 15 is 0 Å². The van der Waals surface area contributed by atoms with Crippen LogP contribution in [0.25, 0.3) is 0 Å². The number of nitrogens with zero attached hydrogens (tertiary/aromatic N) is 3. The van der Waals surface area contributed by atoms with Crippen LogP contribution in [0.5, 0.6) is 0 Å². The molecule has 3 heterocycles. The molecule has 3 amide bonds. The predicted molar refractivity (Wildman–Crippen MR) is 155 cm³/mol. The van der Waals surface area contributed by atoms with E-state index in [4.69, 9.17) is 23.2 Å². The predicted octanol–water partition coefficient (Wildman–Crippen LogP) is 6.82. The van der Waals surface area contributed by atoms with Crippen LogP contribution in [-0.2, 0) is 17.4 Å². The van der Waals surface area contributed by atoms with Gasteiger partial charge in [-0.15, -0.1) is 0 Å². The summed E-state index contributed by atoms with van der Waals surface area (Å²) >= 11 is 12.6. The van der Waals surface area contributed by atoms with E-state index in [9.17, 15) is 27.6 Å². The molecule has 2 N–H and O–H groups in total. The standard InChI is InChI=1S/C30H22Cl2F3N5O3/c1-16(17-5-8-21(23(32)12-17)27(41)39-26-10-6-18(15-37-26)30(33,34)35)40-25(14-20-4-2-3-11-36-20)28(42)38-24-13-19(31)7-9-22(24)29(40)43/h2-13,15-16,25H,14H2,1H3,(H,38,42)(H,37,39,41)/t16?,25-/m1/s1. The molecule has 0 saturated heterocycles. The largest absolute Gasteiger partial charge is 0.417 e. The van der Waals surface area contributed by atoms with E-state index in [-0.39, 0.29) is 34.1 Å². The first-order valence-corrected chi connectivity index (χ1v) is 13.6. The Morgan fingerprint density at radius 3 is 2.49 bits per heavy atom. The minimum atomic E-state index is -4.56. The summed E-state index contributed by atoms with van der Waals surface area (Å²) in [4.78, 5) is 49.8. The van der Waals surface area contributed by atoms with Crippen LogP contribution < -0.4 is 10.6 Å². The molecule has 2 atom stereocenters. The lowest BCUT2D eigenvalue weighted by Gasteiger charge is -2.34. The minimum Gasteiger partial charge on any atom is -0.323 e. The monoisotopic (exact) mass is 627 g/mol. The maximum atomic E-state index is 14.0.